The van der Waals surface area contributed by atoms with Crippen molar-refractivity contribution in [2.75, 3.05) is 20.7 Å². The van der Waals surface area contributed by atoms with Crippen LogP contribution in [0.5, 0.6) is 23.0 Å². The number of ether oxygens (including phenoxy) is 1. The van der Waals surface area contributed by atoms with Gasteiger partial charge in [0.1, 0.15) is 0 Å². The lowest BCUT2D eigenvalue weighted by Crippen LogP contribution is -2.27. The van der Waals surface area contributed by atoms with Gasteiger partial charge < -0.3 is 25.0 Å². The maximum atomic E-state index is 12.1. The van der Waals surface area contributed by atoms with Crippen LogP contribution in [0.3, 0.4) is 0 Å². The van der Waals surface area contributed by atoms with E-state index in [0.29, 0.717) is 18.7 Å². The highest BCUT2D eigenvalue weighted by Crippen LogP contribution is 2.27. The second-order valence-corrected chi connectivity index (χ2v) is 5.60. The molecule has 0 bridgehead atoms. The van der Waals surface area contributed by atoms with Gasteiger partial charge in [0.25, 0.3) is 0 Å². The Balaban J connectivity index is 1.94. The van der Waals surface area contributed by atoms with Gasteiger partial charge in [-0.2, -0.15) is 0 Å². The molecular formula is C19H21NO5. The lowest BCUT2D eigenvalue weighted by molar-refractivity contribution is -0.124. The quantitative estimate of drug-likeness (QED) is 0.554. The molecule has 25 heavy (non-hydrogen) atoms. The largest absolute Gasteiger partial charge is 0.504 e. The number of rotatable bonds is 6. The van der Waals surface area contributed by atoms with E-state index in [0.717, 1.165) is 11.1 Å². The minimum Gasteiger partial charge on any atom is -0.504 e. The van der Waals surface area contributed by atoms with Crippen molar-refractivity contribution in [3.63, 3.8) is 0 Å². The van der Waals surface area contributed by atoms with Crippen molar-refractivity contribution in [3.8, 4) is 23.0 Å². The average molecular weight is 343 g/mol. The molecule has 6 nitrogen and oxygen atoms in total. The Morgan fingerprint density at radius 3 is 2.48 bits per heavy atom. The monoisotopic (exact) mass is 343 g/mol. The van der Waals surface area contributed by atoms with E-state index in [-0.39, 0.29) is 23.2 Å². The van der Waals surface area contributed by atoms with Gasteiger partial charge in [-0.15, -0.1) is 0 Å². The van der Waals surface area contributed by atoms with E-state index in [1.54, 1.807) is 36.2 Å². The molecule has 6 heteroatoms. The lowest BCUT2D eigenvalue weighted by atomic mass is 10.1. The molecular weight excluding hydrogens is 322 g/mol. The summed E-state index contributed by atoms with van der Waals surface area (Å²) in [6.07, 6.45) is 3.64. The van der Waals surface area contributed by atoms with Crippen molar-refractivity contribution >= 4 is 12.0 Å². The molecule has 0 saturated carbocycles. The van der Waals surface area contributed by atoms with Crippen LogP contribution < -0.4 is 4.74 Å². The molecule has 0 unspecified atom stereocenters. The van der Waals surface area contributed by atoms with Crippen LogP contribution in [-0.2, 0) is 11.2 Å². The molecule has 0 spiro atoms. The minimum atomic E-state index is -0.173. The van der Waals surface area contributed by atoms with Crippen LogP contribution in [0.1, 0.15) is 11.1 Å². The molecule has 3 N–H and O–H groups in total. The van der Waals surface area contributed by atoms with E-state index < -0.39 is 0 Å². The third kappa shape index (κ3) is 4.91. The second-order valence-electron chi connectivity index (χ2n) is 5.60. The molecule has 0 aromatic heterocycles. The zero-order valence-electron chi connectivity index (χ0n) is 14.1. The van der Waals surface area contributed by atoms with Gasteiger partial charge in [-0.3, -0.25) is 4.79 Å². The van der Waals surface area contributed by atoms with Crippen LogP contribution in [0.4, 0.5) is 0 Å². The molecule has 0 fully saturated rings. The van der Waals surface area contributed by atoms with Crippen LogP contribution >= 0.6 is 0 Å². The first-order valence-corrected chi connectivity index (χ1v) is 7.71. The van der Waals surface area contributed by atoms with E-state index in [4.69, 9.17) is 4.74 Å². The second kappa shape index (κ2) is 8.10. The van der Waals surface area contributed by atoms with Crippen LogP contribution in [0.15, 0.2) is 42.5 Å². The molecule has 132 valence electrons. The number of likely N-dealkylation sites (N-methyl/N-ethyl adjacent to an activating group) is 1. The average Bonchev–Trinajstić information content (AvgIpc) is 2.61. The van der Waals surface area contributed by atoms with Gasteiger partial charge in [0.05, 0.1) is 7.11 Å². The van der Waals surface area contributed by atoms with Crippen molar-refractivity contribution in [3.05, 3.63) is 53.6 Å². The van der Waals surface area contributed by atoms with Crippen molar-refractivity contribution in [1.82, 2.24) is 4.90 Å². The first-order valence-electron chi connectivity index (χ1n) is 7.71. The number of phenolic OH excluding ortho intramolecular Hbond substituents is 3. The normalized spacial score (nSPS) is 10.8. The Bertz CT molecular complexity index is 785. The SMILES string of the molecule is COc1cc(/C=C/C(=O)N(C)CCc2ccc(O)c(O)c2)ccc1O. The summed E-state index contributed by atoms with van der Waals surface area (Å²) in [6, 6.07) is 9.42. The van der Waals surface area contributed by atoms with E-state index in [9.17, 15) is 20.1 Å². The zero-order valence-corrected chi connectivity index (χ0v) is 14.1. The van der Waals surface area contributed by atoms with E-state index in [1.807, 2.05) is 0 Å². The van der Waals surface area contributed by atoms with Crippen molar-refractivity contribution in [2.45, 2.75) is 6.42 Å². The first kappa shape index (κ1) is 18.2. The van der Waals surface area contributed by atoms with Gasteiger partial charge >= 0.3 is 0 Å². The fourth-order valence-corrected chi connectivity index (χ4v) is 2.22. The topological polar surface area (TPSA) is 90.2 Å². The fourth-order valence-electron chi connectivity index (χ4n) is 2.22. The number of hydrogen-bond acceptors (Lipinski definition) is 5. The Labute approximate surface area is 146 Å². The minimum absolute atomic E-state index is 0.0419. The van der Waals surface area contributed by atoms with Gasteiger partial charge in [-0.1, -0.05) is 12.1 Å². The van der Waals surface area contributed by atoms with E-state index in [2.05, 4.69) is 0 Å². The summed E-state index contributed by atoms with van der Waals surface area (Å²) in [5.74, 6) is -0.126. The number of methoxy groups -OCH3 is 1. The summed E-state index contributed by atoms with van der Waals surface area (Å²) < 4.78 is 5.03. The lowest BCUT2D eigenvalue weighted by Gasteiger charge is -2.15. The third-order valence-corrected chi connectivity index (χ3v) is 3.77. The molecule has 0 aliphatic carbocycles. The van der Waals surface area contributed by atoms with E-state index in [1.165, 1.54) is 31.4 Å². The maximum Gasteiger partial charge on any atom is 0.246 e. The molecule has 2 rings (SSSR count). The molecule has 0 heterocycles. The number of benzene rings is 2. The fraction of sp³-hybridized carbons (Fsp3) is 0.211. The van der Waals surface area contributed by atoms with Gasteiger partial charge in [0.15, 0.2) is 23.0 Å². The molecule has 0 aliphatic rings. The summed E-state index contributed by atoms with van der Waals surface area (Å²) in [4.78, 5) is 13.7. The number of carbonyl (C=O) groups excluding carboxylic acids is 1. The third-order valence-electron chi connectivity index (χ3n) is 3.77. The van der Waals surface area contributed by atoms with Crippen LogP contribution in [0, 0.1) is 0 Å². The molecule has 0 atom stereocenters. The summed E-state index contributed by atoms with van der Waals surface area (Å²) in [5, 5.41) is 28.3. The Morgan fingerprint density at radius 2 is 1.80 bits per heavy atom. The molecule has 0 saturated heterocycles. The van der Waals surface area contributed by atoms with Crippen LogP contribution in [0.25, 0.3) is 6.08 Å². The molecule has 0 aliphatic heterocycles. The first-order chi connectivity index (χ1) is 11.9. The number of amides is 1. The molecule has 2 aromatic carbocycles. The van der Waals surface area contributed by atoms with Gasteiger partial charge in [-0.05, 0) is 47.9 Å². The Hall–Kier alpha value is -3.15. The zero-order chi connectivity index (χ0) is 18.4. The maximum absolute atomic E-state index is 12.1. The standard InChI is InChI=1S/C19H21NO5/c1-20(10-9-14-3-6-15(21)17(23)11-14)19(24)8-5-13-4-7-16(22)18(12-13)25-2/h3-8,11-12,21-23H,9-10H2,1-2H3/b8-5+. The Morgan fingerprint density at radius 1 is 1.08 bits per heavy atom. The highest BCUT2D eigenvalue weighted by atomic mass is 16.5. The van der Waals surface area contributed by atoms with Crippen LogP contribution in [-0.4, -0.2) is 46.8 Å². The number of phenols is 3. The van der Waals surface area contributed by atoms with E-state index >= 15 is 0 Å². The predicted molar refractivity (Wildman–Crippen MR) is 94.8 cm³/mol. The molecule has 1 amide bonds. The summed E-state index contributed by atoms with van der Waals surface area (Å²) in [7, 11) is 3.15. The molecule has 0 radical (unpaired) electrons. The predicted octanol–water partition coefficient (Wildman–Crippen LogP) is 2.53. The number of hydrogen-bond donors (Lipinski definition) is 3. The number of nitrogens with zero attached hydrogens (tertiary/aromatic N) is 1. The summed E-state index contributed by atoms with van der Waals surface area (Å²) in [6.45, 7) is 0.465. The molecule has 2 aromatic rings. The highest BCUT2D eigenvalue weighted by molar-refractivity contribution is 5.91. The van der Waals surface area contributed by atoms with Crippen molar-refractivity contribution in [1.29, 1.82) is 0 Å². The van der Waals surface area contributed by atoms with Gasteiger partial charge in [0, 0.05) is 19.7 Å². The van der Waals surface area contributed by atoms with Crippen molar-refractivity contribution in [2.24, 2.45) is 0 Å². The summed E-state index contributed by atoms with van der Waals surface area (Å²) in [5.41, 5.74) is 1.56. The number of carbonyl (C=O) groups is 1. The van der Waals surface area contributed by atoms with Gasteiger partial charge in [0.2, 0.25) is 5.91 Å². The van der Waals surface area contributed by atoms with Gasteiger partial charge in [-0.25, -0.2) is 0 Å². The van der Waals surface area contributed by atoms with Crippen LogP contribution in [0.2, 0.25) is 0 Å². The smallest absolute Gasteiger partial charge is 0.246 e. The Kier molecular flexibility index (Phi) is 5.89. The highest BCUT2D eigenvalue weighted by Gasteiger charge is 2.07. The van der Waals surface area contributed by atoms with Crippen molar-refractivity contribution < 1.29 is 24.9 Å². The summed E-state index contributed by atoms with van der Waals surface area (Å²) >= 11 is 0. The number of aromatic hydroxyl groups is 3.